The number of halogens is 2. The number of phenols is 1. The zero-order chi connectivity index (χ0) is 8.72. The largest absolute Gasteiger partial charge is 0.506 e. The first kappa shape index (κ1) is 7.71. The van der Waals surface area contributed by atoms with Crippen LogP contribution in [-0.4, -0.2) is 10.1 Å². The van der Waals surface area contributed by atoms with Gasteiger partial charge in [0.25, 0.3) is 5.35 Å². The van der Waals surface area contributed by atoms with E-state index in [1.54, 1.807) is 6.07 Å². The molecular weight excluding hydrogens is 201 g/mol. The van der Waals surface area contributed by atoms with E-state index in [1.165, 1.54) is 6.07 Å². The number of benzene rings is 1. The summed E-state index contributed by atoms with van der Waals surface area (Å²) in [6.07, 6.45) is 0. The summed E-state index contributed by atoms with van der Waals surface area (Å²) in [4.78, 5) is 3.82. The Morgan fingerprint density at radius 1 is 1.33 bits per heavy atom. The molecule has 0 bridgehead atoms. The molecule has 0 aliphatic heterocycles. The maximum Gasteiger partial charge on any atom is 0.293 e. The van der Waals surface area contributed by atoms with E-state index < -0.39 is 0 Å². The molecule has 0 unspecified atom stereocenters. The van der Waals surface area contributed by atoms with Gasteiger partial charge >= 0.3 is 0 Å². The van der Waals surface area contributed by atoms with Crippen LogP contribution in [0.5, 0.6) is 5.75 Å². The van der Waals surface area contributed by atoms with Crippen LogP contribution in [-0.2, 0) is 0 Å². The normalized spacial score (nSPS) is 10.8. The van der Waals surface area contributed by atoms with Crippen molar-refractivity contribution >= 4 is 34.3 Å². The Morgan fingerprint density at radius 3 is 2.83 bits per heavy atom. The number of oxazole rings is 1. The molecule has 0 radical (unpaired) electrons. The van der Waals surface area contributed by atoms with Gasteiger partial charge in [-0.05, 0) is 23.7 Å². The monoisotopic (exact) mass is 203 g/mol. The predicted molar refractivity (Wildman–Crippen MR) is 45.7 cm³/mol. The molecule has 1 aromatic carbocycles. The van der Waals surface area contributed by atoms with Crippen LogP contribution in [0.2, 0.25) is 10.4 Å². The van der Waals surface area contributed by atoms with Gasteiger partial charge in [-0.2, -0.15) is 4.98 Å². The fourth-order valence-corrected chi connectivity index (χ4v) is 1.29. The van der Waals surface area contributed by atoms with E-state index in [0.29, 0.717) is 11.1 Å². The van der Waals surface area contributed by atoms with Crippen LogP contribution in [0, 0.1) is 0 Å². The molecule has 1 aromatic heterocycles. The molecule has 1 N–H and O–H groups in total. The number of hydrogen-bond acceptors (Lipinski definition) is 3. The van der Waals surface area contributed by atoms with Crippen LogP contribution < -0.4 is 0 Å². The highest BCUT2D eigenvalue weighted by Crippen LogP contribution is 2.32. The fraction of sp³-hybridized carbons (Fsp3) is 0. The molecule has 2 rings (SSSR count). The number of aromatic nitrogens is 1. The van der Waals surface area contributed by atoms with Crippen LogP contribution >= 0.6 is 23.2 Å². The van der Waals surface area contributed by atoms with Crippen molar-refractivity contribution in [2.75, 3.05) is 0 Å². The molecule has 2 aromatic rings. The molecular formula is C7H3Cl2NO2. The summed E-state index contributed by atoms with van der Waals surface area (Å²) < 4.78 is 4.94. The molecule has 12 heavy (non-hydrogen) atoms. The van der Waals surface area contributed by atoms with Gasteiger partial charge in [0.2, 0.25) is 0 Å². The van der Waals surface area contributed by atoms with Crippen molar-refractivity contribution in [1.29, 1.82) is 0 Å². The quantitative estimate of drug-likeness (QED) is 0.717. The van der Waals surface area contributed by atoms with Crippen molar-refractivity contribution in [1.82, 2.24) is 4.98 Å². The Hall–Kier alpha value is -0.930. The third-order valence-electron chi connectivity index (χ3n) is 1.45. The van der Waals surface area contributed by atoms with Gasteiger partial charge in [-0.25, -0.2) is 0 Å². The van der Waals surface area contributed by atoms with E-state index in [2.05, 4.69) is 4.98 Å². The van der Waals surface area contributed by atoms with E-state index in [4.69, 9.17) is 32.7 Å². The molecule has 0 aliphatic rings. The van der Waals surface area contributed by atoms with Gasteiger partial charge in [0.1, 0.15) is 16.3 Å². The summed E-state index contributed by atoms with van der Waals surface area (Å²) in [7, 11) is 0. The lowest BCUT2D eigenvalue weighted by Gasteiger charge is -1.93. The zero-order valence-electron chi connectivity index (χ0n) is 5.71. The van der Waals surface area contributed by atoms with Crippen molar-refractivity contribution in [3.63, 3.8) is 0 Å². The smallest absolute Gasteiger partial charge is 0.293 e. The SMILES string of the molecule is Oc1ccc2nc(Cl)oc2c1Cl. The number of aromatic hydroxyl groups is 1. The third kappa shape index (κ3) is 1.02. The number of fused-ring (bicyclic) bond motifs is 1. The topological polar surface area (TPSA) is 46.3 Å². The van der Waals surface area contributed by atoms with Crippen molar-refractivity contribution in [3.05, 3.63) is 22.5 Å². The van der Waals surface area contributed by atoms with Crippen molar-refractivity contribution in [2.24, 2.45) is 0 Å². The van der Waals surface area contributed by atoms with Gasteiger partial charge < -0.3 is 9.52 Å². The molecule has 0 spiro atoms. The molecule has 0 amide bonds. The Labute approximate surface area is 77.5 Å². The summed E-state index contributed by atoms with van der Waals surface area (Å²) in [6, 6.07) is 3.01. The van der Waals surface area contributed by atoms with Crippen molar-refractivity contribution in [2.45, 2.75) is 0 Å². The van der Waals surface area contributed by atoms with Crippen LogP contribution in [0.15, 0.2) is 16.5 Å². The number of rotatable bonds is 0. The van der Waals surface area contributed by atoms with Crippen molar-refractivity contribution in [3.8, 4) is 5.75 Å². The third-order valence-corrected chi connectivity index (χ3v) is 1.98. The predicted octanol–water partition coefficient (Wildman–Crippen LogP) is 2.84. The van der Waals surface area contributed by atoms with Gasteiger partial charge in [0, 0.05) is 0 Å². The van der Waals surface area contributed by atoms with Crippen LogP contribution in [0.4, 0.5) is 0 Å². The van der Waals surface area contributed by atoms with E-state index in [1.807, 2.05) is 0 Å². The first-order valence-corrected chi connectivity index (χ1v) is 3.87. The van der Waals surface area contributed by atoms with Gasteiger partial charge in [-0.1, -0.05) is 11.6 Å². The minimum Gasteiger partial charge on any atom is -0.506 e. The van der Waals surface area contributed by atoms with E-state index >= 15 is 0 Å². The zero-order valence-corrected chi connectivity index (χ0v) is 7.23. The second kappa shape index (κ2) is 2.54. The van der Waals surface area contributed by atoms with Gasteiger partial charge in [-0.3, -0.25) is 0 Å². The highest BCUT2D eigenvalue weighted by Gasteiger charge is 2.10. The lowest BCUT2D eigenvalue weighted by molar-refractivity contribution is 0.474. The lowest BCUT2D eigenvalue weighted by Crippen LogP contribution is -1.70. The second-order valence-corrected chi connectivity index (χ2v) is 2.92. The van der Waals surface area contributed by atoms with Gasteiger partial charge in [0.05, 0.1) is 0 Å². The summed E-state index contributed by atoms with van der Waals surface area (Å²) in [6.45, 7) is 0. The van der Waals surface area contributed by atoms with Crippen LogP contribution in [0.25, 0.3) is 11.1 Å². The van der Waals surface area contributed by atoms with Gasteiger partial charge in [-0.15, -0.1) is 0 Å². The first-order chi connectivity index (χ1) is 5.68. The molecule has 0 saturated heterocycles. The summed E-state index contributed by atoms with van der Waals surface area (Å²) in [5, 5.41) is 9.31. The fourth-order valence-electron chi connectivity index (χ4n) is 0.922. The summed E-state index contributed by atoms with van der Waals surface area (Å²) in [5.41, 5.74) is 0.837. The Morgan fingerprint density at radius 2 is 2.08 bits per heavy atom. The average molecular weight is 204 g/mol. The van der Waals surface area contributed by atoms with Crippen molar-refractivity contribution < 1.29 is 9.52 Å². The maximum absolute atomic E-state index is 9.16. The minimum atomic E-state index is -0.0445. The highest BCUT2D eigenvalue weighted by molar-refractivity contribution is 6.36. The summed E-state index contributed by atoms with van der Waals surface area (Å²) >= 11 is 11.2. The van der Waals surface area contributed by atoms with E-state index in [-0.39, 0.29) is 16.1 Å². The average Bonchev–Trinajstić information content (AvgIpc) is 2.39. The van der Waals surface area contributed by atoms with Crippen LogP contribution in [0.1, 0.15) is 0 Å². The minimum absolute atomic E-state index is 0.0116. The molecule has 0 atom stereocenters. The standard InChI is InChI=1S/C7H3Cl2NO2/c8-5-4(11)2-1-3-6(5)12-7(9)10-3/h1-2,11H. The lowest BCUT2D eigenvalue weighted by atomic mass is 10.3. The Bertz CT molecular complexity index is 438. The molecule has 0 saturated carbocycles. The summed E-state index contributed by atoms with van der Waals surface area (Å²) in [5.74, 6) is -0.0445. The highest BCUT2D eigenvalue weighted by atomic mass is 35.5. The molecule has 1 heterocycles. The maximum atomic E-state index is 9.16. The molecule has 5 heteroatoms. The molecule has 0 fully saturated rings. The number of nitrogens with zero attached hydrogens (tertiary/aromatic N) is 1. The first-order valence-electron chi connectivity index (χ1n) is 3.12. The van der Waals surface area contributed by atoms with Crippen LogP contribution in [0.3, 0.4) is 0 Å². The second-order valence-electron chi connectivity index (χ2n) is 2.21. The van der Waals surface area contributed by atoms with E-state index in [0.717, 1.165) is 0 Å². The Kier molecular flexibility index (Phi) is 1.63. The van der Waals surface area contributed by atoms with E-state index in [9.17, 15) is 0 Å². The number of hydrogen-bond donors (Lipinski definition) is 1. The van der Waals surface area contributed by atoms with Gasteiger partial charge in [0.15, 0.2) is 5.58 Å². The number of phenolic OH excluding ortho intramolecular Hbond substituents is 1. The molecule has 3 nitrogen and oxygen atoms in total. The Balaban J connectivity index is 2.89. The molecule has 0 aliphatic carbocycles. The molecule has 62 valence electrons.